The van der Waals surface area contributed by atoms with E-state index in [9.17, 15) is 14.9 Å². The first-order valence-electron chi connectivity index (χ1n) is 5.60. The van der Waals surface area contributed by atoms with Crippen molar-refractivity contribution < 1.29 is 9.72 Å². The number of H-pyrrole nitrogens is 1. The lowest BCUT2D eigenvalue weighted by Gasteiger charge is -2.05. The molecule has 0 bridgehead atoms. The second kappa shape index (κ2) is 5.73. The average molecular weight is 277 g/mol. The number of aromatic nitrogens is 4. The largest absolute Gasteiger partial charge is 0.383 e. The molecule has 20 heavy (non-hydrogen) atoms. The number of nitrogens with one attached hydrogen (secondary N) is 2. The lowest BCUT2D eigenvalue weighted by molar-refractivity contribution is -0.385. The second-order valence-electron chi connectivity index (χ2n) is 3.82. The van der Waals surface area contributed by atoms with Crippen molar-refractivity contribution in [1.29, 1.82) is 0 Å². The van der Waals surface area contributed by atoms with Gasteiger partial charge in [0.15, 0.2) is 0 Å². The molecule has 10 nitrogen and oxygen atoms in total. The van der Waals surface area contributed by atoms with E-state index in [0.717, 1.165) is 12.3 Å². The molecule has 2 aromatic rings. The topological polar surface area (TPSA) is 153 Å². The smallest absolute Gasteiger partial charge is 0.288 e. The van der Waals surface area contributed by atoms with Crippen molar-refractivity contribution in [1.82, 2.24) is 25.5 Å². The van der Waals surface area contributed by atoms with Gasteiger partial charge in [-0.25, -0.2) is 9.97 Å². The van der Waals surface area contributed by atoms with Gasteiger partial charge in [0.1, 0.15) is 24.2 Å². The van der Waals surface area contributed by atoms with Crippen LogP contribution in [0.2, 0.25) is 0 Å². The minimum atomic E-state index is -0.641. The highest BCUT2D eigenvalue weighted by molar-refractivity contribution is 5.98. The zero-order valence-corrected chi connectivity index (χ0v) is 10.2. The number of pyridine rings is 1. The Labute approximate surface area is 112 Å². The monoisotopic (exact) mass is 277 g/mol. The summed E-state index contributed by atoms with van der Waals surface area (Å²) < 4.78 is 0. The Hall–Kier alpha value is -3.04. The third kappa shape index (κ3) is 3.04. The molecule has 2 aromatic heterocycles. The Morgan fingerprint density at radius 3 is 2.95 bits per heavy atom. The van der Waals surface area contributed by atoms with E-state index in [4.69, 9.17) is 5.73 Å². The Kier molecular flexibility index (Phi) is 3.84. The van der Waals surface area contributed by atoms with Crippen LogP contribution in [0.5, 0.6) is 0 Å². The SMILES string of the molecule is Nc1ncc([N+](=O)[O-])cc1C(=O)NCCc1ncn[nH]1. The van der Waals surface area contributed by atoms with Crippen molar-refractivity contribution in [3.05, 3.63) is 40.1 Å². The van der Waals surface area contributed by atoms with E-state index in [1.54, 1.807) is 0 Å². The summed E-state index contributed by atoms with van der Waals surface area (Å²) >= 11 is 0. The average Bonchev–Trinajstić information content (AvgIpc) is 2.92. The van der Waals surface area contributed by atoms with Crippen LogP contribution in [0.3, 0.4) is 0 Å². The van der Waals surface area contributed by atoms with Crippen molar-refractivity contribution in [3.63, 3.8) is 0 Å². The van der Waals surface area contributed by atoms with Crippen LogP contribution >= 0.6 is 0 Å². The number of nitrogens with zero attached hydrogens (tertiary/aromatic N) is 4. The van der Waals surface area contributed by atoms with E-state index in [0.29, 0.717) is 12.2 Å². The Bertz CT molecular complexity index is 626. The van der Waals surface area contributed by atoms with Gasteiger partial charge < -0.3 is 11.1 Å². The fourth-order valence-corrected chi connectivity index (χ4v) is 1.49. The van der Waals surface area contributed by atoms with Crippen molar-refractivity contribution in [3.8, 4) is 0 Å². The number of amides is 1. The van der Waals surface area contributed by atoms with E-state index in [2.05, 4.69) is 25.5 Å². The molecule has 0 aromatic carbocycles. The van der Waals surface area contributed by atoms with E-state index < -0.39 is 10.8 Å². The lowest BCUT2D eigenvalue weighted by atomic mass is 10.2. The normalized spacial score (nSPS) is 10.2. The second-order valence-corrected chi connectivity index (χ2v) is 3.82. The maximum absolute atomic E-state index is 11.9. The van der Waals surface area contributed by atoms with E-state index >= 15 is 0 Å². The van der Waals surface area contributed by atoms with Gasteiger partial charge in [-0.3, -0.25) is 20.0 Å². The van der Waals surface area contributed by atoms with Gasteiger partial charge in [-0.05, 0) is 0 Å². The van der Waals surface area contributed by atoms with Crippen molar-refractivity contribution in [2.24, 2.45) is 0 Å². The van der Waals surface area contributed by atoms with Crippen LogP contribution in [0.15, 0.2) is 18.6 Å². The molecule has 0 aliphatic heterocycles. The van der Waals surface area contributed by atoms with Gasteiger partial charge in [0.25, 0.3) is 11.6 Å². The number of nitrogens with two attached hydrogens (primary N) is 1. The first-order chi connectivity index (χ1) is 9.58. The lowest BCUT2D eigenvalue weighted by Crippen LogP contribution is -2.27. The molecular weight excluding hydrogens is 266 g/mol. The quantitative estimate of drug-likeness (QED) is 0.499. The summed E-state index contributed by atoms with van der Waals surface area (Å²) in [5.74, 6) is 0.0291. The standard InChI is InChI=1S/C10H11N7O3/c11-9-7(3-6(4-13-9)17(19)20)10(18)12-2-1-8-14-5-15-16-8/h3-5H,1-2H2,(H2,11,13)(H,12,18)(H,14,15,16). The summed E-state index contributed by atoms with van der Waals surface area (Å²) in [5, 5.41) is 19.5. The first kappa shape index (κ1) is 13.4. The third-order valence-corrected chi connectivity index (χ3v) is 2.47. The molecular formula is C10H11N7O3. The predicted octanol–water partition coefficient (Wildman–Crippen LogP) is -0.337. The summed E-state index contributed by atoms with van der Waals surface area (Å²) in [6, 6.07) is 1.09. The van der Waals surface area contributed by atoms with Gasteiger partial charge >= 0.3 is 0 Å². The van der Waals surface area contributed by atoms with Gasteiger partial charge in [0.2, 0.25) is 0 Å². The van der Waals surface area contributed by atoms with Crippen LogP contribution in [-0.4, -0.2) is 37.5 Å². The highest BCUT2D eigenvalue weighted by Crippen LogP contribution is 2.16. The number of carbonyl (C=O) groups is 1. The molecule has 0 saturated carbocycles. The molecule has 0 aliphatic carbocycles. The van der Waals surface area contributed by atoms with Crippen molar-refractivity contribution >= 4 is 17.4 Å². The molecule has 1 amide bonds. The van der Waals surface area contributed by atoms with E-state index in [-0.39, 0.29) is 23.6 Å². The zero-order chi connectivity index (χ0) is 14.5. The molecule has 0 spiro atoms. The molecule has 10 heteroatoms. The highest BCUT2D eigenvalue weighted by atomic mass is 16.6. The number of nitro groups is 1. The molecule has 0 radical (unpaired) electrons. The van der Waals surface area contributed by atoms with Gasteiger partial charge in [-0.2, -0.15) is 5.10 Å². The third-order valence-electron chi connectivity index (χ3n) is 2.47. The number of rotatable bonds is 5. The van der Waals surface area contributed by atoms with Crippen LogP contribution in [0.1, 0.15) is 16.2 Å². The number of hydrogen-bond donors (Lipinski definition) is 3. The number of carbonyl (C=O) groups excluding carboxylic acids is 1. The summed E-state index contributed by atoms with van der Waals surface area (Å²) in [5.41, 5.74) is 5.21. The van der Waals surface area contributed by atoms with Gasteiger partial charge in [-0.15, -0.1) is 0 Å². The van der Waals surface area contributed by atoms with Crippen LogP contribution in [0, 0.1) is 10.1 Å². The van der Waals surface area contributed by atoms with Crippen LogP contribution < -0.4 is 11.1 Å². The summed E-state index contributed by atoms with van der Waals surface area (Å²) in [6.45, 7) is 0.288. The molecule has 0 saturated heterocycles. The number of nitrogen functional groups attached to an aromatic ring is 1. The van der Waals surface area contributed by atoms with Gasteiger partial charge in [0, 0.05) is 19.0 Å². The summed E-state index contributed by atoms with van der Waals surface area (Å²) in [6.07, 6.45) is 2.81. The molecule has 4 N–H and O–H groups in total. The molecule has 2 rings (SSSR count). The predicted molar refractivity (Wildman–Crippen MR) is 67.7 cm³/mol. The maximum atomic E-state index is 11.9. The number of hydrogen-bond acceptors (Lipinski definition) is 7. The van der Waals surface area contributed by atoms with E-state index in [1.165, 1.54) is 6.33 Å². The Morgan fingerprint density at radius 2 is 2.30 bits per heavy atom. The van der Waals surface area contributed by atoms with Gasteiger partial charge in [0.05, 0.1) is 10.5 Å². The van der Waals surface area contributed by atoms with Crippen LogP contribution in [-0.2, 0) is 6.42 Å². The minimum absolute atomic E-state index is 0.0308. The van der Waals surface area contributed by atoms with Crippen LogP contribution in [0.4, 0.5) is 11.5 Å². The van der Waals surface area contributed by atoms with Gasteiger partial charge in [-0.1, -0.05) is 0 Å². The minimum Gasteiger partial charge on any atom is -0.383 e. The van der Waals surface area contributed by atoms with Crippen molar-refractivity contribution in [2.45, 2.75) is 6.42 Å². The molecule has 2 heterocycles. The molecule has 0 fully saturated rings. The molecule has 0 atom stereocenters. The Balaban J connectivity index is 2.01. The Morgan fingerprint density at radius 1 is 1.50 bits per heavy atom. The summed E-state index contributed by atoms with van der Waals surface area (Å²) in [7, 11) is 0. The van der Waals surface area contributed by atoms with E-state index in [1.807, 2.05) is 0 Å². The maximum Gasteiger partial charge on any atom is 0.288 e. The number of aromatic amines is 1. The van der Waals surface area contributed by atoms with Crippen LogP contribution in [0.25, 0.3) is 0 Å². The number of anilines is 1. The fourth-order valence-electron chi connectivity index (χ4n) is 1.49. The zero-order valence-electron chi connectivity index (χ0n) is 10.2. The summed E-state index contributed by atoms with van der Waals surface area (Å²) in [4.78, 5) is 29.4. The molecule has 104 valence electrons. The fraction of sp³-hybridized carbons (Fsp3) is 0.200. The highest BCUT2D eigenvalue weighted by Gasteiger charge is 2.16. The first-order valence-corrected chi connectivity index (χ1v) is 5.60. The molecule has 0 aliphatic rings. The van der Waals surface area contributed by atoms with Crippen molar-refractivity contribution in [2.75, 3.05) is 12.3 Å². The molecule has 0 unspecified atom stereocenters.